The van der Waals surface area contributed by atoms with Crippen LogP contribution in [0.5, 0.6) is 0 Å². The van der Waals surface area contributed by atoms with Crippen LogP contribution >= 0.6 is 7.60 Å². The number of hydrogen-bond acceptors (Lipinski definition) is 4. The Morgan fingerprint density at radius 1 is 1.03 bits per heavy atom. The molecule has 2 aliphatic rings. The molecule has 0 radical (unpaired) electrons. The van der Waals surface area contributed by atoms with Crippen molar-refractivity contribution >= 4 is 25.3 Å². The van der Waals surface area contributed by atoms with E-state index in [-0.39, 0.29) is 42.3 Å². The van der Waals surface area contributed by atoms with Crippen LogP contribution in [-0.2, 0) is 44.4 Å². The lowest BCUT2D eigenvalue weighted by molar-refractivity contribution is -0.142. The van der Waals surface area contributed by atoms with E-state index >= 15 is 0 Å². The standard InChI is InChI=1S/C29H38N3O6P/c1-3-19(2)27(33)31-25(15-20-10-12-21(13-11-20)18-39(36,37)38)29(35)32-14-6-9-26(32)28(34)30-24-16-22-7-4-5-8-23(22)17-24/h4-5,7-8,10-13,19,24-26H,3,6,9,14-18H2,1-2H3,(H,30,34)(H,31,33)(H2,36,37,38)/t19-,25+,26+/m1/s1. The molecule has 4 rings (SSSR count). The van der Waals surface area contributed by atoms with Gasteiger partial charge in [0.15, 0.2) is 0 Å². The minimum atomic E-state index is -4.19. The van der Waals surface area contributed by atoms with E-state index in [4.69, 9.17) is 0 Å². The first-order valence-corrected chi connectivity index (χ1v) is 15.4. The highest BCUT2D eigenvalue weighted by atomic mass is 31.2. The molecule has 0 spiro atoms. The Morgan fingerprint density at radius 2 is 1.64 bits per heavy atom. The Kier molecular flexibility index (Phi) is 9.26. The first-order chi connectivity index (χ1) is 18.5. The highest BCUT2D eigenvalue weighted by Gasteiger charge is 2.39. The summed E-state index contributed by atoms with van der Waals surface area (Å²) in [5.74, 6) is -0.948. The van der Waals surface area contributed by atoms with E-state index in [1.807, 2.05) is 19.1 Å². The van der Waals surface area contributed by atoms with Crippen LogP contribution in [0.4, 0.5) is 0 Å². The Hall–Kier alpha value is -3.00. The summed E-state index contributed by atoms with van der Waals surface area (Å²) in [5.41, 5.74) is 3.71. The Bertz CT molecular complexity index is 1220. The number of nitrogens with one attached hydrogen (secondary N) is 2. The number of carbonyl (C=O) groups excluding carboxylic acids is 3. The molecule has 210 valence electrons. The molecule has 1 aliphatic heterocycles. The predicted octanol–water partition coefficient (Wildman–Crippen LogP) is 2.71. The quantitative estimate of drug-likeness (QED) is 0.333. The Morgan fingerprint density at radius 3 is 2.23 bits per heavy atom. The van der Waals surface area contributed by atoms with E-state index < -0.39 is 19.7 Å². The third kappa shape index (κ3) is 7.56. The number of carbonyl (C=O) groups is 3. The zero-order chi connectivity index (χ0) is 28.2. The number of benzene rings is 2. The Labute approximate surface area is 229 Å². The molecule has 0 unspecified atom stereocenters. The summed E-state index contributed by atoms with van der Waals surface area (Å²) in [4.78, 5) is 60.0. The molecule has 2 aromatic carbocycles. The zero-order valence-electron chi connectivity index (χ0n) is 22.5. The summed E-state index contributed by atoms with van der Waals surface area (Å²) in [7, 11) is -4.19. The number of likely N-dealkylation sites (tertiary alicyclic amines) is 1. The summed E-state index contributed by atoms with van der Waals surface area (Å²) in [6.45, 7) is 4.15. The maximum Gasteiger partial charge on any atom is 0.329 e. The van der Waals surface area contributed by atoms with Crippen LogP contribution in [0.25, 0.3) is 0 Å². The molecular formula is C29H38N3O6P. The summed E-state index contributed by atoms with van der Waals surface area (Å²) in [6.07, 6.45) is 3.29. The van der Waals surface area contributed by atoms with Crippen molar-refractivity contribution in [3.05, 3.63) is 70.8 Å². The summed E-state index contributed by atoms with van der Waals surface area (Å²) >= 11 is 0. The number of amides is 3. The monoisotopic (exact) mass is 555 g/mol. The zero-order valence-corrected chi connectivity index (χ0v) is 23.4. The third-order valence-electron chi connectivity index (χ3n) is 7.76. The van der Waals surface area contributed by atoms with Crippen molar-refractivity contribution in [2.24, 2.45) is 5.92 Å². The van der Waals surface area contributed by atoms with E-state index in [2.05, 4.69) is 22.8 Å². The fourth-order valence-corrected chi connectivity index (χ4v) is 6.10. The highest BCUT2D eigenvalue weighted by molar-refractivity contribution is 7.50. The molecule has 10 heteroatoms. The van der Waals surface area contributed by atoms with Gasteiger partial charge in [-0.05, 0) is 54.4 Å². The number of nitrogens with zero attached hydrogens (tertiary/aromatic N) is 1. The van der Waals surface area contributed by atoms with Crippen LogP contribution in [0.1, 0.15) is 55.4 Å². The maximum atomic E-state index is 13.8. The molecule has 3 atom stereocenters. The maximum absolute atomic E-state index is 13.8. The molecule has 9 nitrogen and oxygen atoms in total. The van der Waals surface area contributed by atoms with Gasteiger partial charge in [0.25, 0.3) is 0 Å². The smallest absolute Gasteiger partial charge is 0.329 e. The van der Waals surface area contributed by atoms with Crippen LogP contribution in [0.15, 0.2) is 48.5 Å². The van der Waals surface area contributed by atoms with Gasteiger partial charge in [0.1, 0.15) is 12.1 Å². The SMILES string of the molecule is CC[C@@H](C)C(=O)N[C@@H](Cc1ccc(CP(=O)(O)O)cc1)C(=O)N1CCC[C@H]1C(=O)NC1Cc2ccccc2C1. The van der Waals surface area contributed by atoms with E-state index in [1.165, 1.54) is 11.1 Å². The van der Waals surface area contributed by atoms with Gasteiger partial charge in [-0.15, -0.1) is 0 Å². The topological polar surface area (TPSA) is 136 Å². The van der Waals surface area contributed by atoms with Crippen LogP contribution in [0.3, 0.4) is 0 Å². The van der Waals surface area contributed by atoms with Gasteiger partial charge in [-0.2, -0.15) is 0 Å². The molecule has 1 saturated heterocycles. The molecule has 2 aromatic rings. The van der Waals surface area contributed by atoms with Gasteiger partial charge in [0, 0.05) is 24.9 Å². The van der Waals surface area contributed by atoms with Crippen molar-refractivity contribution in [3.8, 4) is 0 Å². The minimum Gasteiger partial charge on any atom is -0.351 e. The molecule has 0 bridgehead atoms. The van der Waals surface area contributed by atoms with Crippen molar-refractivity contribution in [2.75, 3.05) is 6.54 Å². The van der Waals surface area contributed by atoms with Crippen molar-refractivity contribution in [1.29, 1.82) is 0 Å². The average Bonchev–Trinajstić information content (AvgIpc) is 3.54. The third-order valence-corrected chi connectivity index (χ3v) is 8.54. The number of fused-ring (bicyclic) bond motifs is 1. The first kappa shape index (κ1) is 29.0. The van der Waals surface area contributed by atoms with Gasteiger partial charge in [-0.25, -0.2) is 0 Å². The van der Waals surface area contributed by atoms with Crippen molar-refractivity contribution in [3.63, 3.8) is 0 Å². The van der Waals surface area contributed by atoms with Crippen molar-refractivity contribution < 1.29 is 28.7 Å². The lowest BCUT2D eigenvalue weighted by Gasteiger charge is -2.30. The van der Waals surface area contributed by atoms with E-state index in [9.17, 15) is 28.7 Å². The van der Waals surface area contributed by atoms with Crippen LogP contribution in [0.2, 0.25) is 0 Å². The van der Waals surface area contributed by atoms with Gasteiger partial charge >= 0.3 is 7.60 Å². The fourth-order valence-electron chi connectivity index (χ4n) is 5.42. The molecule has 1 aliphatic carbocycles. The molecular weight excluding hydrogens is 517 g/mol. The largest absolute Gasteiger partial charge is 0.351 e. The van der Waals surface area contributed by atoms with Crippen molar-refractivity contribution in [1.82, 2.24) is 15.5 Å². The fraction of sp³-hybridized carbons (Fsp3) is 0.483. The summed E-state index contributed by atoms with van der Waals surface area (Å²) in [5, 5.41) is 6.05. The van der Waals surface area contributed by atoms with Crippen LogP contribution < -0.4 is 10.6 Å². The van der Waals surface area contributed by atoms with Gasteiger partial charge in [0.2, 0.25) is 17.7 Å². The first-order valence-electron chi connectivity index (χ1n) is 13.6. The second kappa shape index (κ2) is 12.5. The number of rotatable bonds is 10. The van der Waals surface area contributed by atoms with E-state index in [1.54, 1.807) is 36.1 Å². The highest BCUT2D eigenvalue weighted by Crippen LogP contribution is 2.39. The lowest BCUT2D eigenvalue weighted by atomic mass is 10.0. The average molecular weight is 556 g/mol. The predicted molar refractivity (Wildman–Crippen MR) is 148 cm³/mol. The molecule has 0 saturated carbocycles. The molecule has 4 N–H and O–H groups in total. The number of hydrogen-bond donors (Lipinski definition) is 4. The van der Waals surface area contributed by atoms with Gasteiger partial charge < -0.3 is 25.3 Å². The lowest BCUT2D eigenvalue weighted by Crippen LogP contribution is -2.55. The Balaban J connectivity index is 1.46. The molecule has 3 amide bonds. The summed E-state index contributed by atoms with van der Waals surface area (Å²) in [6, 6.07) is 13.4. The summed E-state index contributed by atoms with van der Waals surface area (Å²) < 4.78 is 11.3. The molecule has 1 fully saturated rings. The van der Waals surface area contributed by atoms with Gasteiger partial charge in [-0.3, -0.25) is 18.9 Å². The van der Waals surface area contributed by atoms with Gasteiger partial charge in [0.05, 0.1) is 6.16 Å². The second-order valence-corrected chi connectivity index (χ2v) is 12.4. The van der Waals surface area contributed by atoms with Crippen LogP contribution in [-0.4, -0.2) is 57.1 Å². The van der Waals surface area contributed by atoms with E-state index in [0.717, 1.165) is 18.4 Å². The normalized spacial score (nSPS) is 18.9. The van der Waals surface area contributed by atoms with Crippen molar-refractivity contribution in [2.45, 2.75) is 76.7 Å². The van der Waals surface area contributed by atoms with Gasteiger partial charge in [-0.1, -0.05) is 62.4 Å². The molecule has 39 heavy (non-hydrogen) atoms. The molecule has 0 aromatic heterocycles. The van der Waals surface area contributed by atoms with E-state index in [0.29, 0.717) is 31.4 Å². The minimum absolute atomic E-state index is 0.0000161. The second-order valence-electron chi connectivity index (χ2n) is 10.8. The van der Waals surface area contributed by atoms with Crippen LogP contribution in [0, 0.1) is 5.92 Å². The molecule has 1 heterocycles.